The molecule has 0 aliphatic rings. The van der Waals surface area contributed by atoms with E-state index in [2.05, 4.69) is 10.3 Å². The van der Waals surface area contributed by atoms with Gasteiger partial charge in [0.1, 0.15) is 9.84 Å². The van der Waals surface area contributed by atoms with Crippen molar-refractivity contribution in [2.24, 2.45) is 0 Å². The Morgan fingerprint density at radius 3 is 2.56 bits per heavy atom. The fraction of sp³-hybridized carbons (Fsp3) is 0.700. The van der Waals surface area contributed by atoms with Crippen LogP contribution in [0.5, 0.6) is 0 Å². The van der Waals surface area contributed by atoms with Gasteiger partial charge in [-0.25, -0.2) is 13.4 Å². The van der Waals surface area contributed by atoms with Crippen molar-refractivity contribution in [1.82, 2.24) is 10.3 Å². The Hall–Kier alpha value is -0.460. The monoisotopic (exact) mass is 262 g/mol. The van der Waals surface area contributed by atoms with E-state index in [1.165, 1.54) is 6.26 Å². The van der Waals surface area contributed by atoms with Crippen molar-refractivity contribution in [2.75, 3.05) is 12.0 Å². The van der Waals surface area contributed by atoms with Crippen LogP contribution in [0.15, 0.2) is 6.20 Å². The van der Waals surface area contributed by atoms with Crippen molar-refractivity contribution in [1.29, 1.82) is 0 Å². The molecule has 0 amide bonds. The molecule has 4 nitrogen and oxygen atoms in total. The van der Waals surface area contributed by atoms with Crippen molar-refractivity contribution >= 4 is 21.2 Å². The van der Waals surface area contributed by atoms with Gasteiger partial charge in [-0.3, -0.25) is 0 Å². The fourth-order valence-corrected chi connectivity index (χ4v) is 3.39. The number of rotatable bonds is 5. The Bertz CT molecular complexity index is 439. The summed E-state index contributed by atoms with van der Waals surface area (Å²) < 4.78 is 22.2. The summed E-state index contributed by atoms with van der Waals surface area (Å²) in [7, 11) is -2.92. The first kappa shape index (κ1) is 13.6. The maximum Gasteiger partial charge on any atom is 0.148 e. The van der Waals surface area contributed by atoms with Crippen LogP contribution < -0.4 is 5.32 Å². The molecule has 0 radical (unpaired) electrons. The van der Waals surface area contributed by atoms with Gasteiger partial charge in [-0.05, 0) is 20.8 Å². The van der Waals surface area contributed by atoms with Crippen LogP contribution in [0.1, 0.15) is 29.8 Å². The molecule has 0 aliphatic carbocycles. The normalized spacial score (nSPS) is 16.0. The van der Waals surface area contributed by atoms with Crippen molar-refractivity contribution in [3.8, 4) is 0 Å². The summed E-state index contributed by atoms with van der Waals surface area (Å²) in [5.41, 5.74) is 0. The highest BCUT2D eigenvalue weighted by Gasteiger charge is 2.15. The van der Waals surface area contributed by atoms with Gasteiger partial charge in [0, 0.05) is 29.4 Å². The summed E-state index contributed by atoms with van der Waals surface area (Å²) in [4.78, 5) is 5.32. The van der Waals surface area contributed by atoms with Gasteiger partial charge in [-0.1, -0.05) is 0 Å². The molecule has 0 saturated carbocycles. The number of aromatic nitrogens is 1. The van der Waals surface area contributed by atoms with Crippen molar-refractivity contribution < 1.29 is 8.42 Å². The minimum Gasteiger partial charge on any atom is -0.306 e. The molecule has 1 heterocycles. The Morgan fingerprint density at radius 2 is 2.12 bits per heavy atom. The standard InChI is InChI=1S/C10H18N2O2S2/c1-7(6-16(4,13)14)12-8(2)10-5-11-9(3)15-10/h5,7-8,12H,6H2,1-4H3. The summed E-state index contributed by atoms with van der Waals surface area (Å²) in [6.45, 7) is 5.86. The van der Waals surface area contributed by atoms with Gasteiger partial charge < -0.3 is 5.32 Å². The van der Waals surface area contributed by atoms with E-state index in [9.17, 15) is 8.42 Å². The number of nitrogens with zero attached hydrogens (tertiary/aromatic N) is 1. The zero-order valence-electron chi connectivity index (χ0n) is 10.0. The number of nitrogens with one attached hydrogen (secondary N) is 1. The van der Waals surface area contributed by atoms with E-state index in [0.717, 1.165) is 9.88 Å². The van der Waals surface area contributed by atoms with Crippen LogP contribution in [0.4, 0.5) is 0 Å². The van der Waals surface area contributed by atoms with E-state index in [1.54, 1.807) is 11.3 Å². The summed E-state index contributed by atoms with van der Waals surface area (Å²) in [5.74, 6) is 0.162. The van der Waals surface area contributed by atoms with Crippen LogP contribution in [0.2, 0.25) is 0 Å². The Morgan fingerprint density at radius 1 is 1.50 bits per heavy atom. The minimum absolute atomic E-state index is 0.0487. The quantitative estimate of drug-likeness (QED) is 0.874. The molecule has 2 unspecified atom stereocenters. The van der Waals surface area contributed by atoms with E-state index in [-0.39, 0.29) is 17.8 Å². The SMILES string of the molecule is Cc1ncc(C(C)NC(C)CS(C)(=O)=O)s1. The Balaban J connectivity index is 2.55. The van der Waals surface area contributed by atoms with Crippen LogP contribution >= 0.6 is 11.3 Å². The molecule has 1 aromatic rings. The first-order chi connectivity index (χ1) is 7.28. The molecule has 0 fully saturated rings. The number of hydrogen-bond acceptors (Lipinski definition) is 5. The second kappa shape index (κ2) is 5.25. The molecule has 1 aromatic heterocycles. The average Bonchev–Trinajstić information content (AvgIpc) is 2.47. The first-order valence-electron chi connectivity index (χ1n) is 5.14. The predicted octanol–water partition coefficient (Wildman–Crippen LogP) is 1.54. The number of aryl methyl sites for hydroxylation is 1. The predicted molar refractivity (Wildman–Crippen MR) is 67.6 cm³/mol. The van der Waals surface area contributed by atoms with Crippen molar-refractivity contribution in [2.45, 2.75) is 32.9 Å². The molecule has 2 atom stereocenters. The van der Waals surface area contributed by atoms with Gasteiger partial charge in [-0.2, -0.15) is 0 Å². The molecule has 6 heteroatoms. The van der Waals surface area contributed by atoms with Crippen LogP contribution in [0.3, 0.4) is 0 Å². The van der Waals surface area contributed by atoms with Gasteiger partial charge in [0.05, 0.1) is 10.8 Å². The lowest BCUT2D eigenvalue weighted by atomic mass is 10.2. The second-order valence-corrected chi connectivity index (χ2v) is 7.61. The topological polar surface area (TPSA) is 59.1 Å². The van der Waals surface area contributed by atoms with E-state index in [4.69, 9.17) is 0 Å². The van der Waals surface area contributed by atoms with Crippen LogP contribution in [-0.2, 0) is 9.84 Å². The Kier molecular flexibility index (Phi) is 4.46. The maximum atomic E-state index is 11.1. The third kappa shape index (κ3) is 4.59. The number of sulfone groups is 1. The largest absolute Gasteiger partial charge is 0.306 e. The maximum absolute atomic E-state index is 11.1. The highest BCUT2D eigenvalue weighted by molar-refractivity contribution is 7.90. The zero-order chi connectivity index (χ0) is 12.3. The molecule has 1 N–H and O–H groups in total. The van der Waals surface area contributed by atoms with Gasteiger partial charge in [0.2, 0.25) is 0 Å². The van der Waals surface area contributed by atoms with Crippen molar-refractivity contribution in [3.05, 3.63) is 16.1 Å². The molecule has 0 aliphatic heterocycles. The molecule has 92 valence electrons. The van der Waals surface area contributed by atoms with E-state index in [1.807, 2.05) is 27.0 Å². The van der Waals surface area contributed by atoms with Gasteiger partial charge in [-0.15, -0.1) is 11.3 Å². The summed E-state index contributed by atoms with van der Waals surface area (Å²) in [6, 6.07) is 0.0929. The highest BCUT2D eigenvalue weighted by atomic mass is 32.2. The lowest BCUT2D eigenvalue weighted by molar-refractivity contribution is 0.505. The smallest absolute Gasteiger partial charge is 0.148 e. The van der Waals surface area contributed by atoms with E-state index >= 15 is 0 Å². The van der Waals surface area contributed by atoms with Gasteiger partial charge >= 0.3 is 0 Å². The third-order valence-corrected chi connectivity index (χ3v) is 4.35. The molecule has 0 bridgehead atoms. The molecule has 0 spiro atoms. The zero-order valence-corrected chi connectivity index (χ0v) is 11.7. The van der Waals surface area contributed by atoms with Gasteiger partial charge in [0.15, 0.2) is 0 Å². The Labute approximate surface area is 101 Å². The minimum atomic E-state index is -2.92. The average molecular weight is 262 g/mol. The van der Waals surface area contributed by atoms with Crippen LogP contribution in [0.25, 0.3) is 0 Å². The second-order valence-electron chi connectivity index (χ2n) is 4.16. The highest BCUT2D eigenvalue weighted by Crippen LogP contribution is 2.20. The van der Waals surface area contributed by atoms with Crippen LogP contribution in [0, 0.1) is 6.92 Å². The number of hydrogen-bond donors (Lipinski definition) is 1. The van der Waals surface area contributed by atoms with Gasteiger partial charge in [0.25, 0.3) is 0 Å². The lowest BCUT2D eigenvalue weighted by Crippen LogP contribution is -2.34. The van der Waals surface area contributed by atoms with E-state index < -0.39 is 9.84 Å². The molecule has 1 rings (SSSR count). The van der Waals surface area contributed by atoms with E-state index in [0.29, 0.717) is 0 Å². The van der Waals surface area contributed by atoms with Crippen molar-refractivity contribution in [3.63, 3.8) is 0 Å². The summed E-state index contributed by atoms with van der Waals surface area (Å²) in [5, 5.41) is 4.28. The first-order valence-corrected chi connectivity index (χ1v) is 8.01. The molecule has 0 aromatic carbocycles. The molecule has 16 heavy (non-hydrogen) atoms. The lowest BCUT2D eigenvalue weighted by Gasteiger charge is -2.17. The number of thiazole rings is 1. The summed E-state index contributed by atoms with van der Waals surface area (Å²) >= 11 is 1.63. The molecule has 0 saturated heterocycles. The van der Waals surface area contributed by atoms with Crippen LogP contribution in [-0.4, -0.2) is 31.5 Å². The summed E-state index contributed by atoms with van der Waals surface area (Å²) in [6.07, 6.45) is 3.09. The third-order valence-electron chi connectivity index (χ3n) is 2.15. The fourth-order valence-electron chi connectivity index (χ4n) is 1.59. The molecular formula is C10H18N2O2S2. The molecular weight excluding hydrogens is 244 g/mol.